The van der Waals surface area contributed by atoms with Crippen molar-refractivity contribution in [2.24, 2.45) is 17.1 Å². The van der Waals surface area contributed by atoms with Crippen molar-refractivity contribution in [1.82, 2.24) is 0 Å². The highest BCUT2D eigenvalue weighted by Crippen LogP contribution is 2.55. The third-order valence-corrected chi connectivity index (χ3v) is 2.47. The number of halogens is 1. The molecule has 1 saturated carbocycles. The molecule has 1 heterocycles. The molecule has 0 amide bonds. The Kier molecular flexibility index (Phi) is 1.72. The van der Waals surface area contributed by atoms with Gasteiger partial charge in [-0.15, -0.1) is 12.4 Å². The lowest BCUT2D eigenvalue weighted by molar-refractivity contribution is 0.148. The molecule has 0 aromatic rings. The molecule has 9 heavy (non-hydrogen) atoms. The molecule has 1 aliphatic heterocycles. The van der Waals surface area contributed by atoms with E-state index in [0.717, 1.165) is 25.7 Å². The molecule has 0 spiro atoms. The molecule has 2 nitrogen and oxygen atoms in total. The number of hydrogen-bond acceptors (Lipinski definition) is 2. The van der Waals surface area contributed by atoms with Crippen LogP contribution in [0, 0.1) is 11.3 Å². The molecule has 2 rings (SSSR count). The molecule has 2 aliphatic rings. The Labute approximate surface area is 61.2 Å². The first-order valence-corrected chi connectivity index (χ1v) is 3.15. The minimum atomic E-state index is 0. The van der Waals surface area contributed by atoms with Crippen LogP contribution in [0.15, 0.2) is 0 Å². The van der Waals surface area contributed by atoms with E-state index in [4.69, 9.17) is 10.5 Å². The minimum Gasteiger partial charge on any atom is -0.380 e. The Morgan fingerprint density at radius 3 is 2.67 bits per heavy atom. The van der Waals surface area contributed by atoms with E-state index in [1.54, 1.807) is 0 Å². The van der Waals surface area contributed by atoms with E-state index in [1.165, 1.54) is 6.42 Å². The van der Waals surface area contributed by atoms with Gasteiger partial charge in [-0.3, -0.25) is 0 Å². The van der Waals surface area contributed by atoms with Gasteiger partial charge in [-0.25, -0.2) is 0 Å². The molecule has 2 atom stereocenters. The van der Waals surface area contributed by atoms with E-state index in [9.17, 15) is 0 Å². The predicted octanol–water partition coefficient (Wildman–Crippen LogP) is 0.403. The summed E-state index contributed by atoms with van der Waals surface area (Å²) in [5, 5.41) is 0. The van der Waals surface area contributed by atoms with Gasteiger partial charge in [0.25, 0.3) is 0 Å². The average molecular weight is 150 g/mol. The molecule has 54 valence electrons. The first kappa shape index (κ1) is 7.32. The lowest BCUT2D eigenvalue weighted by Gasteiger charge is -2.03. The summed E-state index contributed by atoms with van der Waals surface area (Å²) in [5.74, 6) is 0.826. The Balaban J connectivity index is 0.000000405. The van der Waals surface area contributed by atoms with Crippen molar-refractivity contribution in [2.75, 3.05) is 19.8 Å². The van der Waals surface area contributed by atoms with Crippen molar-refractivity contribution >= 4 is 12.4 Å². The lowest BCUT2D eigenvalue weighted by Crippen LogP contribution is -2.18. The van der Waals surface area contributed by atoms with E-state index >= 15 is 0 Å². The summed E-state index contributed by atoms with van der Waals surface area (Å²) in [6.07, 6.45) is 1.32. The Morgan fingerprint density at radius 2 is 2.44 bits per heavy atom. The fourth-order valence-corrected chi connectivity index (χ4v) is 1.56. The zero-order valence-corrected chi connectivity index (χ0v) is 6.12. The predicted molar refractivity (Wildman–Crippen MR) is 37.7 cm³/mol. The Morgan fingerprint density at radius 1 is 1.67 bits per heavy atom. The Bertz CT molecular complexity index is 116. The maximum Gasteiger partial charge on any atom is 0.0538 e. The molecule has 0 aromatic heterocycles. The highest BCUT2D eigenvalue weighted by atomic mass is 35.5. The van der Waals surface area contributed by atoms with E-state index in [0.29, 0.717) is 5.41 Å². The van der Waals surface area contributed by atoms with Crippen molar-refractivity contribution < 1.29 is 4.74 Å². The molecule has 1 aliphatic carbocycles. The molecule has 2 fully saturated rings. The molecule has 0 radical (unpaired) electrons. The van der Waals surface area contributed by atoms with Gasteiger partial charge in [-0.2, -0.15) is 0 Å². The van der Waals surface area contributed by atoms with Gasteiger partial charge >= 0.3 is 0 Å². The van der Waals surface area contributed by atoms with Crippen LogP contribution in [0.1, 0.15) is 6.42 Å². The molecule has 0 bridgehead atoms. The van der Waals surface area contributed by atoms with Crippen LogP contribution in [0.4, 0.5) is 0 Å². The summed E-state index contributed by atoms with van der Waals surface area (Å²) in [4.78, 5) is 0. The second-order valence-corrected chi connectivity index (χ2v) is 2.98. The molecular weight excluding hydrogens is 138 g/mol. The molecule has 0 aromatic carbocycles. The standard InChI is InChI=1S/C6H11NO.ClH/c7-3-6-1-5(6)2-8-4-6;/h5H,1-4,7H2;1H. The van der Waals surface area contributed by atoms with Crippen LogP contribution in [0.25, 0.3) is 0 Å². The normalized spacial score (nSPS) is 45.7. The zero-order valence-electron chi connectivity index (χ0n) is 5.30. The summed E-state index contributed by atoms with van der Waals surface area (Å²) in [6, 6.07) is 0. The third-order valence-electron chi connectivity index (χ3n) is 2.47. The maximum atomic E-state index is 5.53. The van der Waals surface area contributed by atoms with Crippen molar-refractivity contribution in [1.29, 1.82) is 0 Å². The van der Waals surface area contributed by atoms with Gasteiger partial charge in [0, 0.05) is 12.0 Å². The van der Waals surface area contributed by atoms with Gasteiger partial charge in [0.15, 0.2) is 0 Å². The lowest BCUT2D eigenvalue weighted by atomic mass is 10.1. The van der Waals surface area contributed by atoms with E-state index in [-0.39, 0.29) is 12.4 Å². The van der Waals surface area contributed by atoms with Crippen LogP contribution in [0.2, 0.25) is 0 Å². The smallest absolute Gasteiger partial charge is 0.0538 e. The monoisotopic (exact) mass is 149 g/mol. The first-order valence-electron chi connectivity index (χ1n) is 3.15. The van der Waals surface area contributed by atoms with Gasteiger partial charge in [0.05, 0.1) is 13.2 Å². The summed E-state index contributed by atoms with van der Waals surface area (Å²) >= 11 is 0. The summed E-state index contributed by atoms with van der Waals surface area (Å²) in [6.45, 7) is 2.73. The van der Waals surface area contributed by atoms with Gasteiger partial charge in [0.1, 0.15) is 0 Å². The van der Waals surface area contributed by atoms with Crippen molar-refractivity contribution in [3.05, 3.63) is 0 Å². The van der Waals surface area contributed by atoms with E-state index < -0.39 is 0 Å². The van der Waals surface area contributed by atoms with Crippen LogP contribution in [-0.2, 0) is 4.74 Å². The number of nitrogens with two attached hydrogens (primary N) is 1. The number of rotatable bonds is 1. The fraction of sp³-hybridized carbons (Fsp3) is 1.00. The van der Waals surface area contributed by atoms with Crippen LogP contribution in [0.5, 0.6) is 0 Å². The third kappa shape index (κ3) is 0.858. The molecule has 2 unspecified atom stereocenters. The molecule has 1 saturated heterocycles. The van der Waals surface area contributed by atoms with Crippen molar-refractivity contribution in [3.8, 4) is 0 Å². The second kappa shape index (κ2) is 2.11. The summed E-state index contributed by atoms with van der Waals surface area (Å²) in [5.41, 5.74) is 5.99. The van der Waals surface area contributed by atoms with Gasteiger partial charge in [0.2, 0.25) is 0 Å². The highest BCUT2D eigenvalue weighted by Gasteiger charge is 2.56. The average Bonchev–Trinajstić information content (AvgIpc) is 2.38. The summed E-state index contributed by atoms with van der Waals surface area (Å²) in [7, 11) is 0. The highest BCUT2D eigenvalue weighted by molar-refractivity contribution is 5.85. The molecule has 2 N–H and O–H groups in total. The number of fused-ring (bicyclic) bond motifs is 1. The van der Waals surface area contributed by atoms with E-state index in [2.05, 4.69) is 0 Å². The van der Waals surface area contributed by atoms with Crippen molar-refractivity contribution in [3.63, 3.8) is 0 Å². The van der Waals surface area contributed by atoms with Gasteiger partial charge in [-0.1, -0.05) is 0 Å². The van der Waals surface area contributed by atoms with Crippen LogP contribution < -0.4 is 5.73 Å². The largest absolute Gasteiger partial charge is 0.380 e. The summed E-state index contributed by atoms with van der Waals surface area (Å²) < 4.78 is 5.22. The van der Waals surface area contributed by atoms with Crippen LogP contribution >= 0.6 is 12.4 Å². The zero-order chi connectivity index (χ0) is 5.61. The van der Waals surface area contributed by atoms with Crippen molar-refractivity contribution in [2.45, 2.75) is 6.42 Å². The second-order valence-electron chi connectivity index (χ2n) is 2.98. The van der Waals surface area contributed by atoms with Crippen LogP contribution in [-0.4, -0.2) is 19.8 Å². The topological polar surface area (TPSA) is 35.2 Å². The van der Waals surface area contributed by atoms with E-state index in [1.807, 2.05) is 0 Å². The maximum absolute atomic E-state index is 5.53. The quantitative estimate of drug-likeness (QED) is 0.586. The van der Waals surface area contributed by atoms with Gasteiger partial charge < -0.3 is 10.5 Å². The van der Waals surface area contributed by atoms with Crippen LogP contribution in [0.3, 0.4) is 0 Å². The fourth-order valence-electron chi connectivity index (χ4n) is 1.56. The molecule has 3 heteroatoms. The number of hydrogen-bond donors (Lipinski definition) is 1. The number of ether oxygens (including phenoxy) is 1. The first-order chi connectivity index (χ1) is 3.87. The Hall–Kier alpha value is 0.210. The SMILES string of the molecule is Cl.NCC12COCC1C2. The molecular formula is C6H12ClNO. The minimum absolute atomic E-state index is 0. The van der Waals surface area contributed by atoms with Gasteiger partial charge in [-0.05, 0) is 12.3 Å².